The maximum atomic E-state index is 5.69. The Morgan fingerprint density at radius 2 is 1.89 bits per heavy atom. The van der Waals surface area contributed by atoms with Crippen molar-refractivity contribution in [3.63, 3.8) is 0 Å². The molecule has 1 aliphatic heterocycles. The Morgan fingerprint density at radius 1 is 1.21 bits per heavy atom. The highest BCUT2D eigenvalue weighted by molar-refractivity contribution is 5.14. The Labute approximate surface area is 117 Å². The molecule has 0 atom stereocenters. The van der Waals surface area contributed by atoms with Crippen LogP contribution in [0.2, 0.25) is 0 Å². The maximum absolute atomic E-state index is 5.69. The Morgan fingerprint density at radius 3 is 2.53 bits per heavy atom. The van der Waals surface area contributed by atoms with E-state index in [0.29, 0.717) is 0 Å². The first kappa shape index (κ1) is 14.5. The monoisotopic (exact) mass is 261 g/mol. The average molecular weight is 261 g/mol. The zero-order valence-corrected chi connectivity index (χ0v) is 12.1. The van der Waals surface area contributed by atoms with Gasteiger partial charge in [0, 0.05) is 12.6 Å². The van der Waals surface area contributed by atoms with Gasteiger partial charge in [-0.15, -0.1) is 0 Å². The van der Waals surface area contributed by atoms with Gasteiger partial charge in [0.1, 0.15) is 0 Å². The van der Waals surface area contributed by atoms with Gasteiger partial charge in [-0.05, 0) is 58.1 Å². The highest BCUT2D eigenvalue weighted by atomic mass is 15.2. The van der Waals surface area contributed by atoms with Gasteiger partial charge in [0.25, 0.3) is 0 Å². The zero-order chi connectivity index (χ0) is 13.5. The molecule has 1 aliphatic rings. The number of rotatable bonds is 6. The van der Waals surface area contributed by atoms with E-state index in [2.05, 4.69) is 47.2 Å². The lowest BCUT2D eigenvalue weighted by molar-refractivity contribution is 0.114. The molecule has 0 aliphatic carbocycles. The first-order valence-electron chi connectivity index (χ1n) is 7.46. The summed E-state index contributed by atoms with van der Waals surface area (Å²) >= 11 is 0. The Hall–Kier alpha value is -0.900. The highest BCUT2D eigenvalue weighted by Crippen LogP contribution is 2.18. The number of nitrogens with zero attached hydrogens (tertiary/aromatic N) is 2. The molecule has 0 bridgehead atoms. The van der Waals surface area contributed by atoms with Crippen molar-refractivity contribution in [1.82, 2.24) is 9.80 Å². The third kappa shape index (κ3) is 4.60. The molecular weight excluding hydrogens is 234 g/mol. The van der Waals surface area contributed by atoms with Gasteiger partial charge in [0.05, 0.1) is 0 Å². The molecule has 0 amide bonds. The molecule has 3 nitrogen and oxygen atoms in total. The summed E-state index contributed by atoms with van der Waals surface area (Å²) in [5.74, 6) is 0. The molecule has 0 aromatic heterocycles. The van der Waals surface area contributed by atoms with Gasteiger partial charge in [-0.1, -0.05) is 30.3 Å². The Balaban J connectivity index is 1.95. The van der Waals surface area contributed by atoms with Crippen LogP contribution in [0.1, 0.15) is 24.8 Å². The molecule has 0 radical (unpaired) electrons. The molecule has 2 rings (SSSR count). The van der Waals surface area contributed by atoms with E-state index in [9.17, 15) is 0 Å². The van der Waals surface area contributed by atoms with E-state index in [1.54, 1.807) is 0 Å². The van der Waals surface area contributed by atoms with E-state index in [-0.39, 0.29) is 0 Å². The highest BCUT2D eigenvalue weighted by Gasteiger charge is 2.22. The normalized spacial score (nSPS) is 18.1. The van der Waals surface area contributed by atoms with Crippen molar-refractivity contribution in [3.05, 3.63) is 35.9 Å². The van der Waals surface area contributed by atoms with Crippen molar-refractivity contribution >= 4 is 0 Å². The number of hydrogen-bond acceptors (Lipinski definition) is 3. The summed E-state index contributed by atoms with van der Waals surface area (Å²) in [5, 5.41) is 0. The minimum absolute atomic E-state index is 0.725. The van der Waals surface area contributed by atoms with Gasteiger partial charge < -0.3 is 10.6 Å². The van der Waals surface area contributed by atoms with Crippen LogP contribution >= 0.6 is 0 Å². The van der Waals surface area contributed by atoms with E-state index >= 15 is 0 Å². The summed E-state index contributed by atoms with van der Waals surface area (Å²) in [6.07, 6.45) is 3.67. The van der Waals surface area contributed by atoms with Crippen molar-refractivity contribution < 1.29 is 0 Å². The quantitative estimate of drug-likeness (QED) is 0.849. The van der Waals surface area contributed by atoms with Gasteiger partial charge in [0.15, 0.2) is 0 Å². The summed E-state index contributed by atoms with van der Waals surface area (Å²) in [6.45, 7) is 5.42. The van der Waals surface area contributed by atoms with Gasteiger partial charge in [-0.25, -0.2) is 0 Å². The van der Waals surface area contributed by atoms with Crippen LogP contribution in [0.25, 0.3) is 0 Å². The molecular formula is C16H27N3. The zero-order valence-electron chi connectivity index (χ0n) is 12.1. The first-order valence-corrected chi connectivity index (χ1v) is 7.46. The minimum Gasteiger partial charge on any atom is -0.330 e. The molecule has 19 heavy (non-hydrogen) atoms. The van der Waals surface area contributed by atoms with Crippen LogP contribution in [0, 0.1) is 0 Å². The molecule has 1 aromatic carbocycles. The lowest BCUT2D eigenvalue weighted by Crippen LogP contribution is -2.44. The third-order valence-electron chi connectivity index (χ3n) is 4.08. The van der Waals surface area contributed by atoms with Crippen molar-refractivity contribution in [2.45, 2.75) is 31.8 Å². The van der Waals surface area contributed by atoms with Crippen molar-refractivity contribution in [1.29, 1.82) is 0 Å². The summed E-state index contributed by atoms with van der Waals surface area (Å²) in [4.78, 5) is 5.06. The molecule has 2 N–H and O–H groups in total. The van der Waals surface area contributed by atoms with Gasteiger partial charge in [-0.2, -0.15) is 0 Å². The number of hydrogen-bond donors (Lipinski definition) is 1. The molecule has 1 saturated heterocycles. The molecule has 106 valence electrons. The van der Waals surface area contributed by atoms with Crippen LogP contribution in [-0.2, 0) is 6.54 Å². The molecule has 0 unspecified atom stereocenters. The van der Waals surface area contributed by atoms with E-state index < -0.39 is 0 Å². The lowest BCUT2D eigenvalue weighted by atomic mass is 10.0. The van der Waals surface area contributed by atoms with Crippen molar-refractivity contribution in [3.8, 4) is 0 Å². The molecule has 0 saturated carbocycles. The third-order valence-corrected chi connectivity index (χ3v) is 4.08. The number of likely N-dealkylation sites (tertiary alicyclic amines) is 1. The summed E-state index contributed by atoms with van der Waals surface area (Å²) in [5.41, 5.74) is 7.10. The molecule has 3 heteroatoms. The number of benzene rings is 1. The largest absolute Gasteiger partial charge is 0.330 e. The number of piperidine rings is 1. The SMILES string of the molecule is CN1CCC(N(CCCN)Cc2ccccc2)CC1. The smallest absolute Gasteiger partial charge is 0.0236 e. The van der Waals surface area contributed by atoms with Crippen LogP contribution in [-0.4, -0.2) is 49.1 Å². The van der Waals surface area contributed by atoms with Crippen LogP contribution in [0.5, 0.6) is 0 Å². The van der Waals surface area contributed by atoms with E-state index in [1.165, 1.54) is 31.5 Å². The topological polar surface area (TPSA) is 32.5 Å². The molecule has 1 fully saturated rings. The number of nitrogens with two attached hydrogens (primary N) is 1. The fourth-order valence-electron chi connectivity index (χ4n) is 2.86. The van der Waals surface area contributed by atoms with Crippen molar-refractivity contribution in [2.75, 3.05) is 33.2 Å². The Bertz CT molecular complexity index is 344. The Kier molecular flexibility index (Phi) is 5.83. The first-order chi connectivity index (χ1) is 9.29. The fraction of sp³-hybridized carbons (Fsp3) is 0.625. The minimum atomic E-state index is 0.725. The van der Waals surface area contributed by atoms with Gasteiger partial charge >= 0.3 is 0 Å². The van der Waals surface area contributed by atoms with Gasteiger partial charge in [-0.3, -0.25) is 4.90 Å². The molecule has 1 heterocycles. The standard InChI is InChI=1S/C16H27N3/c1-18-12-8-16(9-13-18)19(11-5-10-17)14-15-6-3-2-4-7-15/h2-4,6-7,16H,5,8-14,17H2,1H3. The second-order valence-corrected chi connectivity index (χ2v) is 5.63. The molecule has 0 spiro atoms. The second-order valence-electron chi connectivity index (χ2n) is 5.63. The fourth-order valence-corrected chi connectivity index (χ4v) is 2.86. The summed E-state index contributed by atoms with van der Waals surface area (Å²) in [6, 6.07) is 11.5. The summed E-state index contributed by atoms with van der Waals surface area (Å²) in [7, 11) is 2.22. The lowest BCUT2D eigenvalue weighted by Gasteiger charge is -2.37. The van der Waals surface area contributed by atoms with Crippen LogP contribution < -0.4 is 5.73 Å². The van der Waals surface area contributed by atoms with Crippen molar-refractivity contribution in [2.24, 2.45) is 5.73 Å². The van der Waals surface area contributed by atoms with E-state index in [0.717, 1.165) is 32.1 Å². The van der Waals surface area contributed by atoms with Crippen LogP contribution in [0.15, 0.2) is 30.3 Å². The van der Waals surface area contributed by atoms with Crippen LogP contribution in [0.4, 0.5) is 0 Å². The average Bonchev–Trinajstić information content (AvgIpc) is 2.45. The maximum Gasteiger partial charge on any atom is 0.0236 e. The summed E-state index contributed by atoms with van der Waals surface area (Å²) < 4.78 is 0. The van der Waals surface area contributed by atoms with E-state index in [4.69, 9.17) is 5.73 Å². The second kappa shape index (κ2) is 7.63. The van der Waals surface area contributed by atoms with E-state index in [1.807, 2.05) is 0 Å². The van der Waals surface area contributed by atoms with Gasteiger partial charge in [0.2, 0.25) is 0 Å². The molecule has 1 aromatic rings. The predicted octanol–water partition coefficient (Wildman–Crippen LogP) is 1.93. The predicted molar refractivity (Wildman–Crippen MR) is 81.0 cm³/mol. The van der Waals surface area contributed by atoms with Crippen LogP contribution in [0.3, 0.4) is 0 Å².